The van der Waals surface area contributed by atoms with Crippen LogP contribution in [-0.2, 0) is 6.61 Å². The van der Waals surface area contributed by atoms with Crippen molar-refractivity contribution in [1.82, 2.24) is 9.97 Å². The van der Waals surface area contributed by atoms with Crippen LogP contribution in [0, 0.1) is 0 Å². The summed E-state index contributed by atoms with van der Waals surface area (Å²) in [6, 6.07) is 9.61. The van der Waals surface area contributed by atoms with E-state index in [0.29, 0.717) is 18.3 Å². The molecule has 19 heavy (non-hydrogen) atoms. The molecule has 0 fully saturated rings. The van der Waals surface area contributed by atoms with Crippen LogP contribution in [0.5, 0.6) is 5.88 Å². The van der Waals surface area contributed by atoms with Crippen molar-refractivity contribution >= 4 is 27.7 Å². The highest BCUT2D eigenvalue weighted by Gasteiger charge is 2.04. The Morgan fingerprint density at radius 1 is 1.32 bits per heavy atom. The highest BCUT2D eigenvalue weighted by atomic mass is 79.9. The summed E-state index contributed by atoms with van der Waals surface area (Å²) in [6.07, 6.45) is 0. The lowest BCUT2D eigenvalue weighted by molar-refractivity contribution is 0.293. The third kappa shape index (κ3) is 3.82. The molecule has 0 amide bonds. The Hall–Kier alpha value is -1.82. The number of hydrogen-bond acceptors (Lipinski definition) is 5. The summed E-state index contributed by atoms with van der Waals surface area (Å²) in [7, 11) is 0. The van der Waals surface area contributed by atoms with Crippen molar-refractivity contribution in [3.05, 3.63) is 40.4 Å². The van der Waals surface area contributed by atoms with E-state index in [1.165, 1.54) is 0 Å². The SMILES string of the molecule is CCNc1cc(OCc2ccccc2Br)nc(N)n1. The first-order valence-electron chi connectivity index (χ1n) is 5.93. The first-order chi connectivity index (χ1) is 9.19. The topological polar surface area (TPSA) is 73.1 Å². The zero-order valence-electron chi connectivity index (χ0n) is 10.6. The minimum atomic E-state index is 0.195. The fraction of sp³-hybridized carbons (Fsp3) is 0.231. The molecule has 0 spiro atoms. The van der Waals surface area contributed by atoms with Crippen LogP contribution in [0.15, 0.2) is 34.8 Å². The number of nitrogens with zero attached hydrogens (tertiary/aromatic N) is 2. The van der Waals surface area contributed by atoms with Gasteiger partial charge in [0.05, 0.1) is 0 Å². The molecule has 100 valence electrons. The predicted octanol–water partition coefficient (Wildman–Crippen LogP) is 2.83. The number of hydrogen-bond donors (Lipinski definition) is 2. The summed E-state index contributed by atoms with van der Waals surface area (Å²) in [4.78, 5) is 8.11. The molecular weight excluding hydrogens is 308 g/mol. The molecule has 0 aliphatic heterocycles. The van der Waals surface area contributed by atoms with Gasteiger partial charge in [0.1, 0.15) is 12.4 Å². The second-order valence-electron chi connectivity index (χ2n) is 3.86. The van der Waals surface area contributed by atoms with E-state index in [9.17, 15) is 0 Å². The summed E-state index contributed by atoms with van der Waals surface area (Å²) in [5.41, 5.74) is 6.68. The summed E-state index contributed by atoms with van der Waals surface area (Å²) in [6.45, 7) is 3.17. The maximum Gasteiger partial charge on any atom is 0.225 e. The average Bonchev–Trinajstić information content (AvgIpc) is 2.37. The summed E-state index contributed by atoms with van der Waals surface area (Å²) in [5.74, 6) is 1.32. The molecule has 0 saturated heterocycles. The predicted molar refractivity (Wildman–Crippen MR) is 79.1 cm³/mol. The van der Waals surface area contributed by atoms with Crippen LogP contribution in [-0.4, -0.2) is 16.5 Å². The van der Waals surface area contributed by atoms with Gasteiger partial charge in [-0.25, -0.2) is 0 Å². The molecule has 6 heteroatoms. The molecule has 0 atom stereocenters. The largest absolute Gasteiger partial charge is 0.473 e. The molecule has 0 aliphatic rings. The van der Waals surface area contributed by atoms with Crippen LogP contribution in [0.25, 0.3) is 0 Å². The third-order valence-electron chi connectivity index (χ3n) is 2.41. The van der Waals surface area contributed by atoms with Crippen molar-refractivity contribution < 1.29 is 4.74 Å². The molecule has 1 aromatic carbocycles. The first-order valence-corrected chi connectivity index (χ1v) is 6.73. The lowest BCUT2D eigenvalue weighted by Gasteiger charge is -2.09. The van der Waals surface area contributed by atoms with Gasteiger partial charge in [0, 0.05) is 22.6 Å². The Balaban J connectivity index is 2.09. The number of anilines is 2. The quantitative estimate of drug-likeness (QED) is 0.885. The van der Waals surface area contributed by atoms with Gasteiger partial charge >= 0.3 is 0 Å². The number of nitrogens with two attached hydrogens (primary N) is 1. The number of halogens is 1. The molecule has 0 unspecified atom stereocenters. The van der Waals surface area contributed by atoms with Gasteiger partial charge in [0.25, 0.3) is 0 Å². The zero-order valence-corrected chi connectivity index (χ0v) is 12.1. The number of rotatable bonds is 5. The van der Waals surface area contributed by atoms with Gasteiger partial charge in [0.15, 0.2) is 0 Å². The minimum Gasteiger partial charge on any atom is -0.473 e. The first kappa shape index (κ1) is 13.6. The van der Waals surface area contributed by atoms with Crippen molar-refractivity contribution in [3.8, 4) is 5.88 Å². The normalized spacial score (nSPS) is 10.2. The Morgan fingerprint density at radius 3 is 2.84 bits per heavy atom. The number of aromatic nitrogens is 2. The number of benzene rings is 1. The summed E-state index contributed by atoms with van der Waals surface area (Å²) >= 11 is 3.47. The monoisotopic (exact) mass is 322 g/mol. The molecule has 0 radical (unpaired) electrons. The van der Waals surface area contributed by atoms with Crippen LogP contribution in [0.3, 0.4) is 0 Å². The Bertz CT molecular complexity index is 562. The number of nitrogen functional groups attached to an aromatic ring is 1. The minimum absolute atomic E-state index is 0.195. The van der Waals surface area contributed by atoms with Crippen molar-refractivity contribution in [3.63, 3.8) is 0 Å². The van der Waals surface area contributed by atoms with Gasteiger partial charge in [-0.05, 0) is 13.0 Å². The molecule has 0 bridgehead atoms. The van der Waals surface area contributed by atoms with E-state index < -0.39 is 0 Å². The van der Waals surface area contributed by atoms with Crippen LogP contribution in [0.1, 0.15) is 12.5 Å². The molecule has 1 heterocycles. The van der Waals surface area contributed by atoms with E-state index in [1.807, 2.05) is 31.2 Å². The molecule has 5 nitrogen and oxygen atoms in total. The van der Waals surface area contributed by atoms with Gasteiger partial charge in [-0.1, -0.05) is 34.1 Å². The molecule has 2 rings (SSSR count). The van der Waals surface area contributed by atoms with Gasteiger partial charge in [-0.15, -0.1) is 0 Å². The van der Waals surface area contributed by atoms with Crippen LogP contribution < -0.4 is 15.8 Å². The third-order valence-corrected chi connectivity index (χ3v) is 3.18. The highest BCUT2D eigenvalue weighted by Crippen LogP contribution is 2.19. The van der Waals surface area contributed by atoms with Crippen molar-refractivity contribution in [2.45, 2.75) is 13.5 Å². The summed E-state index contributed by atoms with van der Waals surface area (Å²) < 4.78 is 6.64. The van der Waals surface area contributed by atoms with Gasteiger partial charge < -0.3 is 15.8 Å². The highest BCUT2D eigenvalue weighted by molar-refractivity contribution is 9.10. The van der Waals surface area contributed by atoms with Gasteiger partial charge in [-0.2, -0.15) is 9.97 Å². The second-order valence-corrected chi connectivity index (χ2v) is 4.71. The van der Waals surface area contributed by atoms with Crippen LogP contribution in [0.2, 0.25) is 0 Å². The number of nitrogens with one attached hydrogen (secondary N) is 1. The van der Waals surface area contributed by atoms with Gasteiger partial charge in [0.2, 0.25) is 11.8 Å². The van der Waals surface area contributed by atoms with Crippen LogP contribution in [0.4, 0.5) is 11.8 Å². The molecular formula is C13H15BrN4O. The average molecular weight is 323 g/mol. The Kier molecular flexibility index (Phi) is 4.57. The Labute approximate surface area is 120 Å². The lowest BCUT2D eigenvalue weighted by Crippen LogP contribution is -2.06. The maximum atomic E-state index is 5.64. The van der Waals surface area contributed by atoms with E-state index in [2.05, 4.69) is 31.2 Å². The van der Waals surface area contributed by atoms with Crippen molar-refractivity contribution in [1.29, 1.82) is 0 Å². The molecule has 3 N–H and O–H groups in total. The Morgan fingerprint density at radius 2 is 2.11 bits per heavy atom. The maximum absolute atomic E-state index is 5.64. The molecule has 1 aromatic heterocycles. The van der Waals surface area contributed by atoms with E-state index >= 15 is 0 Å². The standard InChI is InChI=1S/C13H15BrN4O/c1-2-16-11-7-12(18-13(15)17-11)19-8-9-5-3-4-6-10(9)14/h3-7H,2,8H2,1H3,(H3,15,16,17,18). The fourth-order valence-corrected chi connectivity index (χ4v) is 1.95. The smallest absolute Gasteiger partial charge is 0.225 e. The molecule has 2 aromatic rings. The van der Waals surface area contributed by atoms with E-state index in [4.69, 9.17) is 10.5 Å². The van der Waals surface area contributed by atoms with E-state index in [-0.39, 0.29) is 5.95 Å². The second kappa shape index (κ2) is 6.38. The lowest BCUT2D eigenvalue weighted by atomic mass is 10.2. The van der Waals surface area contributed by atoms with Crippen LogP contribution >= 0.6 is 15.9 Å². The van der Waals surface area contributed by atoms with Crippen molar-refractivity contribution in [2.75, 3.05) is 17.6 Å². The van der Waals surface area contributed by atoms with Crippen molar-refractivity contribution in [2.24, 2.45) is 0 Å². The number of ether oxygens (including phenoxy) is 1. The fourth-order valence-electron chi connectivity index (χ4n) is 1.56. The van der Waals surface area contributed by atoms with E-state index in [1.54, 1.807) is 6.07 Å². The van der Waals surface area contributed by atoms with Gasteiger partial charge in [-0.3, -0.25) is 0 Å². The molecule has 0 saturated carbocycles. The molecule has 0 aliphatic carbocycles. The summed E-state index contributed by atoms with van der Waals surface area (Å²) in [5, 5.41) is 3.08. The van der Waals surface area contributed by atoms with E-state index in [0.717, 1.165) is 16.6 Å². The zero-order chi connectivity index (χ0) is 13.7.